The molecule has 2 saturated carbocycles. The van der Waals surface area contributed by atoms with Crippen LogP contribution in [0.5, 0.6) is 0 Å². The van der Waals surface area contributed by atoms with E-state index in [2.05, 4.69) is 16.0 Å². The maximum atomic E-state index is 12.0. The third kappa shape index (κ3) is 6.37. The van der Waals surface area contributed by atoms with Crippen molar-refractivity contribution in [1.29, 1.82) is 0 Å². The summed E-state index contributed by atoms with van der Waals surface area (Å²) in [5.41, 5.74) is 5.82. The summed E-state index contributed by atoms with van der Waals surface area (Å²) in [6.07, 6.45) is 11.7. The topological polar surface area (TPSA) is 96.2 Å². The Kier molecular flexibility index (Phi) is 7.65. The largest absolute Gasteiger partial charge is 0.350 e. The zero-order valence-corrected chi connectivity index (χ0v) is 14.1. The highest BCUT2D eigenvalue weighted by Gasteiger charge is 2.24. The van der Waals surface area contributed by atoms with Crippen molar-refractivity contribution in [3.8, 4) is 0 Å². The van der Waals surface area contributed by atoms with Gasteiger partial charge in [0.05, 0.1) is 6.54 Å². The molecule has 1 unspecified atom stereocenters. The summed E-state index contributed by atoms with van der Waals surface area (Å²) < 4.78 is 0. The lowest BCUT2D eigenvalue weighted by molar-refractivity contribution is -0.121. The maximum absolute atomic E-state index is 12.0. The molecule has 2 aliphatic rings. The Bertz CT molecular complexity index is 377. The van der Waals surface area contributed by atoms with Crippen molar-refractivity contribution >= 4 is 11.9 Å². The lowest BCUT2D eigenvalue weighted by Crippen LogP contribution is -2.51. The molecule has 6 nitrogen and oxygen atoms in total. The van der Waals surface area contributed by atoms with Crippen LogP contribution in [0.1, 0.15) is 64.2 Å². The Balaban J connectivity index is 1.65. The minimum atomic E-state index is -0.242. The minimum Gasteiger partial charge on any atom is -0.350 e. The van der Waals surface area contributed by atoms with Gasteiger partial charge in [0.25, 0.3) is 0 Å². The maximum Gasteiger partial charge on any atom is 0.315 e. The summed E-state index contributed by atoms with van der Waals surface area (Å²) in [4.78, 5) is 23.9. The fourth-order valence-electron chi connectivity index (χ4n) is 3.81. The van der Waals surface area contributed by atoms with E-state index in [0.29, 0.717) is 12.5 Å². The van der Waals surface area contributed by atoms with E-state index < -0.39 is 0 Å². The Hall–Kier alpha value is -1.30. The van der Waals surface area contributed by atoms with Crippen LogP contribution in [0.25, 0.3) is 0 Å². The molecule has 0 aromatic carbocycles. The predicted molar refractivity (Wildman–Crippen MR) is 91.0 cm³/mol. The molecule has 0 bridgehead atoms. The second-order valence-corrected chi connectivity index (χ2v) is 6.97. The monoisotopic (exact) mass is 324 g/mol. The highest BCUT2D eigenvalue weighted by Crippen LogP contribution is 2.26. The van der Waals surface area contributed by atoms with Crippen molar-refractivity contribution in [1.82, 2.24) is 16.0 Å². The molecule has 0 radical (unpaired) electrons. The molecular formula is C17H32N4O2. The molecule has 0 heterocycles. The molecule has 132 valence electrons. The van der Waals surface area contributed by atoms with Gasteiger partial charge in [-0.1, -0.05) is 38.5 Å². The molecule has 0 saturated heterocycles. The van der Waals surface area contributed by atoms with Crippen molar-refractivity contribution in [3.63, 3.8) is 0 Å². The summed E-state index contributed by atoms with van der Waals surface area (Å²) in [6.45, 7) is 0.479. The van der Waals surface area contributed by atoms with Crippen molar-refractivity contribution in [2.24, 2.45) is 11.7 Å². The molecule has 5 N–H and O–H groups in total. The average molecular weight is 324 g/mol. The Morgan fingerprint density at radius 2 is 1.57 bits per heavy atom. The summed E-state index contributed by atoms with van der Waals surface area (Å²) in [5, 5.41) is 8.60. The second-order valence-electron chi connectivity index (χ2n) is 6.97. The number of amides is 3. The molecule has 3 amide bonds. The number of carbonyl (C=O) groups is 2. The van der Waals surface area contributed by atoms with Gasteiger partial charge in [-0.15, -0.1) is 0 Å². The summed E-state index contributed by atoms with van der Waals surface area (Å²) in [7, 11) is 0. The molecule has 23 heavy (non-hydrogen) atoms. The minimum absolute atomic E-state index is 0.0156. The Labute approximate surface area is 139 Å². The molecule has 0 spiro atoms. The van der Waals surface area contributed by atoms with Gasteiger partial charge in [-0.05, 0) is 31.6 Å². The highest BCUT2D eigenvalue weighted by molar-refractivity contribution is 5.84. The SMILES string of the molecule is NCC(NC(=O)CNC(=O)NC1CCCCC1)C1CCCCC1. The van der Waals surface area contributed by atoms with Crippen LogP contribution in [0, 0.1) is 5.92 Å². The van der Waals surface area contributed by atoms with Gasteiger partial charge < -0.3 is 21.7 Å². The summed E-state index contributed by atoms with van der Waals surface area (Å²) >= 11 is 0. The normalized spacial score (nSPS) is 21.4. The lowest BCUT2D eigenvalue weighted by Gasteiger charge is -2.30. The number of hydrogen-bond donors (Lipinski definition) is 4. The van der Waals surface area contributed by atoms with E-state index in [1.165, 1.54) is 38.5 Å². The van der Waals surface area contributed by atoms with Gasteiger partial charge in [-0.2, -0.15) is 0 Å². The number of nitrogens with two attached hydrogens (primary N) is 1. The van der Waals surface area contributed by atoms with Crippen LogP contribution in [-0.2, 0) is 4.79 Å². The van der Waals surface area contributed by atoms with Crippen LogP contribution in [0.2, 0.25) is 0 Å². The first kappa shape index (κ1) is 18.0. The third-order valence-corrected chi connectivity index (χ3v) is 5.17. The number of hydrogen-bond acceptors (Lipinski definition) is 3. The number of rotatable bonds is 6. The molecule has 2 rings (SSSR count). The summed E-state index contributed by atoms with van der Waals surface area (Å²) in [5.74, 6) is 0.332. The van der Waals surface area contributed by atoms with E-state index in [0.717, 1.165) is 25.7 Å². The smallest absolute Gasteiger partial charge is 0.315 e. The molecule has 2 fully saturated rings. The van der Waals surface area contributed by atoms with Gasteiger partial charge in [-0.25, -0.2) is 4.79 Å². The zero-order chi connectivity index (χ0) is 16.5. The molecule has 1 atom stereocenters. The average Bonchev–Trinajstić information content (AvgIpc) is 2.59. The molecule has 0 aliphatic heterocycles. The van der Waals surface area contributed by atoms with Crippen LogP contribution >= 0.6 is 0 Å². The summed E-state index contributed by atoms with van der Waals surface area (Å²) in [6, 6.07) is 0.0471. The molecule has 0 aromatic heterocycles. The van der Waals surface area contributed by atoms with Gasteiger partial charge in [-0.3, -0.25) is 4.79 Å². The van der Waals surface area contributed by atoms with E-state index in [1.807, 2.05) is 0 Å². The number of nitrogens with one attached hydrogen (secondary N) is 3. The van der Waals surface area contributed by atoms with Crippen LogP contribution in [-0.4, -0.2) is 37.1 Å². The lowest BCUT2D eigenvalue weighted by atomic mass is 9.84. The van der Waals surface area contributed by atoms with Gasteiger partial charge in [0.2, 0.25) is 5.91 Å². The van der Waals surface area contributed by atoms with Crippen molar-refractivity contribution in [2.45, 2.75) is 76.3 Å². The Morgan fingerprint density at radius 1 is 0.957 bits per heavy atom. The van der Waals surface area contributed by atoms with E-state index in [1.54, 1.807) is 0 Å². The van der Waals surface area contributed by atoms with Crippen molar-refractivity contribution in [3.05, 3.63) is 0 Å². The highest BCUT2D eigenvalue weighted by atomic mass is 16.2. The van der Waals surface area contributed by atoms with Crippen molar-refractivity contribution < 1.29 is 9.59 Å². The first-order valence-electron chi connectivity index (χ1n) is 9.23. The van der Waals surface area contributed by atoms with Gasteiger partial charge >= 0.3 is 6.03 Å². The van der Waals surface area contributed by atoms with Crippen molar-refractivity contribution in [2.75, 3.05) is 13.1 Å². The molecule has 6 heteroatoms. The van der Waals surface area contributed by atoms with E-state index >= 15 is 0 Å². The van der Waals surface area contributed by atoms with Crippen LogP contribution < -0.4 is 21.7 Å². The van der Waals surface area contributed by atoms with Gasteiger partial charge in [0, 0.05) is 18.6 Å². The zero-order valence-electron chi connectivity index (χ0n) is 14.1. The van der Waals surface area contributed by atoms with Gasteiger partial charge in [0.15, 0.2) is 0 Å². The van der Waals surface area contributed by atoms with Crippen LogP contribution in [0.3, 0.4) is 0 Å². The third-order valence-electron chi connectivity index (χ3n) is 5.17. The number of carbonyl (C=O) groups excluding carboxylic acids is 2. The Morgan fingerprint density at radius 3 is 2.17 bits per heavy atom. The predicted octanol–water partition coefficient (Wildman–Crippen LogP) is 1.64. The van der Waals surface area contributed by atoms with Crippen LogP contribution in [0.4, 0.5) is 4.79 Å². The van der Waals surface area contributed by atoms with Crippen LogP contribution in [0.15, 0.2) is 0 Å². The second kappa shape index (κ2) is 9.75. The first-order valence-corrected chi connectivity index (χ1v) is 9.23. The van der Waals surface area contributed by atoms with E-state index in [4.69, 9.17) is 5.73 Å². The fourth-order valence-corrected chi connectivity index (χ4v) is 3.81. The molecule has 0 aromatic rings. The van der Waals surface area contributed by atoms with E-state index in [9.17, 15) is 9.59 Å². The van der Waals surface area contributed by atoms with E-state index in [-0.39, 0.29) is 30.6 Å². The molecule has 2 aliphatic carbocycles. The molecular weight excluding hydrogens is 292 g/mol. The quantitative estimate of drug-likeness (QED) is 0.598. The standard InChI is InChI=1S/C17H32N4O2/c18-11-15(13-7-3-1-4-8-13)21-16(22)12-19-17(23)20-14-9-5-2-6-10-14/h13-15H,1-12,18H2,(H,21,22)(H2,19,20,23). The first-order chi connectivity index (χ1) is 11.2. The fraction of sp³-hybridized carbons (Fsp3) is 0.882. The van der Waals surface area contributed by atoms with Gasteiger partial charge in [0.1, 0.15) is 0 Å². The number of urea groups is 1.